The van der Waals surface area contributed by atoms with E-state index in [1.807, 2.05) is 24.3 Å². The Morgan fingerprint density at radius 3 is 2.39 bits per heavy atom. The number of hydrazine groups is 1. The first kappa shape index (κ1) is 13.4. The molecule has 0 atom stereocenters. The lowest BCUT2D eigenvalue weighted by Gasteiger charge is -2.22. The quantitative estimate of drug-likeness (QED) is 0.677. The zero-order valence-electron chi connectivity index (χ0n) is 12.3. The second-order valence-electron chi connectivity index (χ2n) is 5.37. The summed E-state index contributed by atoms with van der Waals surface area (Å²) in [4.78, 5) is 4.06. The molecular weight excluding hydrogens is 286 g/mol. The van der Waals surface area contributed by atoms with Crippen molar-refractivity contribution in [3.8, 4) is 0 Å². The molecule has 3 N–H and O–H groups in total. The number of hydrogen-bond acceptors (Lipinski definition) is 4. The third-order valence-corrected chi connectivity index (χ3v) is 3.90. The van der Waals surface area contributed by atoms with E-state index in [0.29, 0.717) is 0 Å². The first-order valence-electron chi connectivity index (χ1n) is 7.38. The number of allylic oxidation sites excluding steroid dienone is 2. The Kier molecular flexibility index (Phi) is 3.20. The Labute approximate surface area is 133 Å². The molecule has 0 saturated heterocycles. The molecule has 3 aromatic rings. The molecule has 1 aliphatic heterocycles. The van der Waals surface area contributed by atoms with Gasteiger partial charge >= 0.3 is 0 Å². The number of rotatable bonds is 2. The molecule has 2 aromatic carbocycles. The molecule has 1 aromatic heterocycles. The minimum absolute atomic E-state index is 0.0846. The molecule has 0 bridgehead atoms. The van der Waals surface area contributed by atoms with Gasteiger partial charge in [-0.3, -0.25) is 15.8 Å². The highest BCUT2D eigenvalue weighted by molar-refractivity contribution is 5.97. The van der Waals surface area contributed by atoms with Crippen molar-refractivity contribution in [3.05, 3.63) is 90.1 Å². The number of nitrogens with one attached hydrogen (secondary N) is 2. The van der Waals surface area contributed by atoms with Crippen molar-refractivity contribution in [2.24, 2.45) is 0 Å². The fraction of sp³-hybridized carbons (Fsp3) is 0. The predicted octanol–water partition coefficient (Wildman–Crippen LogP) is 3.61. The minimum atomic E-state index is 0.0846. The number of aromatic nitrogens is 1. The van der Waals surface area contributed by atoms with Gasteiger partial charge in [-0.2, -0.15) is 0 Å². The molecule has 0 amide bonds. The maximum atomic E-state index is 9.82. The van der Waals surface area contributed by atoms with Gasteiger partial charge in [-0.25, -0.2) is 0 Å². The van der Waals surface area contributed by atoms with Crippen molar-refractivity contribution in [1.82, 2.24) is 15.8 Å². The van der Waals surface area contributed by atoms with E-state index < -0.39 is 0 Å². The lowest BCUT2D eigenvalue weighted by atomic mass is 9.97. The van der Waals surface area contributed by atoms with Gasteiger partial charge in [-0.1, -0.05) is 36.4 Å². The summed E-state index contributed by atoms with van der Waals surface area (Å²) in [5.41, 5.74) is 9.73. The van der Waals surface area contributed by atoms with Crippen molar-refractivity contribution >= 4 is 22.0 Å². The summed E-state index contributed by atoms with van der Waals surface area (Å²) in [6.45, 7) is 0. The maximum absolute atomic E-state index is 9.82. The van der Waals surface area contributed by atoms with Crippen LogP contribution in [0.25, 0.3) is 22.0 Å². The second kappa shape index (κ2) is 5.50. The van der Waals surface area contributed by atoms with E-state index in [-0.39, 0.29) is 5.88 Å². The maximum Gasteiger partial charge on any atom is 0.203 e. The Morgan fingerprint density at radius 2 is 1.57 bits per heavy atom. The van der Waals surface area contributed by atoms with Crippen LogP contribution in [0.4, 0.5) is 0 Å². The van der Waals surface area contributed by atoms with E-state index in [9.17, 15) is 5.11 Å². The van der Waals surface area contributed by atoms with E-state index in [1.165, 1.54) is 10.8 Å². The summed E-state index contributed by atoms with van der Waals surface area (Å²) in [6, 6.07) is 18.4. The van der Waals surface area contributed by atoms with Crippen LogP contribution in [0.3, 0.4) is 0 Å². The third kappa shape index (κ3) is 2.51. The van der Waals surface area contributed by atoms with Crippen molar-refractivity contribution in [1.29, 1.82) is 0 Å². The normalized spacial score (nSPS) is 14.2. The summed E-state index contributed by atoms with van der Waals surface area (Å²) in [7, 11) is 0. The summed E-state index contributed by atoms with van der Waals surface area (Å²) >= 11 is 0. The van der Waals surface area contributed by atoms with Crippen LogP contribution in [0, 0.1) is 0 Å². The van der Waals surface area contributed by atoms with E-state index in [0.717, 1.165) is 22.4 Å². The van der Waals surface area contributed by atoms with E-state index in [2.05, 4.69) is 46.2 Å². The van der Waals surface area contributed by atoms with Crippen LogP contribution in [-0.4, -0.2) is 10.1 Å². The number of benzene rings is 2. The van der Waals surface area contributed by atoms with Crippen LogP contribution in [0.15, 0.2) is 79.0 Å². The van der Waals surface area contributed by atoms with Gasteiger partial charge in [0.05, 0.1) is 5.70 Å². The number of aliphatic hydroxyl groups is 1. The average molecular weight is 301 g/mol. The molecule has 0 aliphatic carbocycles. The molecule has 0 unspecified atom stereocenters. The Morgan fingerprint density at radius 1 is 0.783 bits per heavy atom. The number of nitrogens with zero attached hydrogens (tertiary/aromatic N) is 1. The van der Waals surface area contributed by atoms with Gasteiger partial charge in [0.15, 0.2) is 0 Å². The molecule has 0 saturated carbocycles. The largest absolute Gasteiger partial charge is 0.494 e. The fourth-order valence-corrected chi connectivity index (χ4v) is 2.77. The molecule has 4 heteroatoms. The van der Waals surface area contributed by atoms with E-state index in [4.69, 9.17) is 0 Å². The highest BCUT2D eigenvalue weighted by Gasteiger charge is 2.15. The summed E-state index contributed by atoms with van der Waals surface area (Å²) in [6.07, 6.45) is 5.21. The summed E-state index contributed by atoms with van der Waals surface area (Å²) in [5, 5.41) is 12.2. The van der Waals surface area contributed by atoms with Crippen molar-refractivity contribution < 1.29 is 5.11 Å². The van der Waals surface area contributed by atoms with Crippen LogP contribution in [0.5, 0.6) is 0 Å². The van der Waals surface area contributed by atoms with Crippen molar-refractivity contribution in [3.63, 3.8) is 0 Å². The summed E-state index contributed by atoms with van der Waals surface area (Å²) in [5.74, 6) is 0.0846. The summed E-state index contributed by atoms with van der Waals surface area (Å²) < 4.78 is 0. The average Bonchev–Trinajstić information content (AvgIpc) is 2.62. The molecular formula is C19H15N3O. The monoisotopic (exact) mass is 301 g/mol. The Bertz CT molecular complexity index is 930. The lowest BCUT2D eigenvalue weighted by molar-refractivity contribution is 0.352. The minimum Gasteiger partial charge on any atom is -0.494 e. The van der Waals surface area contributed by atoms with Gasteiger partial charge in [0.25, 0.3) is 0 Å². The van der Waals surface area contributed by atoms with Crippen LogP contribution in [0.1, 0.15) is 11.1 Å². The topological polar surface area (TPSA) is 57.2 Å². The van der Waals surface area contributed by atoms with Crippen LogP contribution in [0.2, 0.25) is 0 Å². The van der Waals surface area contributed by atoms with Gasteiger partial charge in [0.2, 0.25) is 5.88 Å². The molecule has 0 radical (unpaired) electrons. The van der Waals surface area contributed by atoms with Gasteiger partial charge in [-0.05, 0) is 34.5 Å². The molecule has 0 spiro atoms. The third-order valence-electron chi connectivity index (χ3n) is 3.90. The molecule has 4 nitrogen and oxygen atoms in total. The molecule has 0 fully saturated rings. The fourth-order valence-electron chi connectivity index (χ4n) is 2.77. The lowest BCUT2D eigenvalue weighted by Crippen LogP contribution is -2.33. The number of pyridine rings is 1. The Hall–Kier alpha value is -3.27. The number of fused-ring (bicyclic) bond motifs is 1. The first-order valence-corrected chi connectivity index (χ1v) is 7.38. The zero-order valence-corrected chi connectivity index (χ0v) is 12.3. The molecule has 2 heterocycles. The molecule has 4 rings (SSSR count). The zero-order chi connectivity index (χ0) is 15.6. The number of aliphatic hydroxyl groups excluding tert-OH is 1. The van der Waals surface area contributed by atoms with Crippen molar-refractivity contribution in [2.75, 3.05) is 0 Å². The van der Waals surface area contributed by atoms with Gasteiger partial charge in [-0.15, -0.1) is 0 Å². The highest BCUT2D eigenvalue weighted by atomic mass is 16.3. The van der Waals surface area contributed by atoms with E-state index in [1.54, 1.807) is 18.5 Å². The predicted molar refractivity (Wildman–Crippen MR) is 92.0 cm³/mol. The highest BCUT2D eigenvalue weighted by Crippen LogP contribution is 2.29. The van der Waals surface area contributed by atoms with Gasteiger partial charge in [0.1, 0.15) is 0 Å². The van der Waals surface area contributed by atoms with E-state index >= 15 is 0 Å². The molecule has 1 aliphatic rings. The molecule has 112 valence electrons. The van der Waals surface area contributed by atoms with Crippen LogP contribution >= 0.6 is 0 Å². The first-order chi connectivity index (χ1) is 11.3. The molecule has 23 heavy (non-hydrogen) atoms. The van der Waals surface area contributed by atoms with Gasteiger partial charge < -0.3 is 5.11 Å². The van der Waals surface area contributed by atoms with Gasteiger partial charge in [0, 0.05) is 29.6 Å². The van der Waals surface area contributed by atoms with Crippen LogP contribution in [-0.2, 0) is 0 Å². The number of hydrogen-bond donors (Lipinski definition) is 3. The second-order valence-corrected chi connectivity index (χ2v) is 5.37. The standard InChI is InChI=1S/C19H15N3O/c23-18-12-17(14-7-9-20-10-8-14)19(22-21-18)16-6-5-13-3-1-2-4-15(13)11-16/h1-12,21-23H. The van der Waals surface area contributed by atoms with Crippen molar-refractivity contribution in [2.45, 2.75) is 0 Å². The SMILES string of the molecule is OC1=CC(c2ccncc2)=C(c2ccc3ccccc3c2)NN1. The van der Waals surface area contributed by atoms with Crippen LogP contribution < -0.4 is 10.9 Å². The Balaban J connectivity index is 1.91. The smallest absolute Gasteiger partial charge is 0.203 e.